The Kier molecular flexibility index (Phi) is 7.72. The van der Waals surface area contributed by atoms with E-state index in [2.05, 4.69) is 29.4 Å². The quantitative estimate of drug-likeness (QED) is 0.461. The first-order valence-corrected chi connectivity index (χ1v) is 12.3. The van der Waals surface area contributed by atoms with Gasteiger partial charge in [0.1, 0.15) is 5.01 Å². The van der Waals surface area contributed by atoms with Crippen molar-refractivity contribution in [3.8, 4) is 0 Å². The van der Waals surface area contributed by atoms with Crippen LogP contribution in [0.5, 0.6) is 0 Å². The number of hydrogen-bond donors (Lipinski definition) is 3. The largest absolute Gasteiger partial charge is 0.380 e. The number of carbonyl (C=O) groups is 2. The van der Waals surface area contributed by atoms with Crippen LogP contribution >= 0.6 is 11.3 Å². The topological polar surface area (TPSA) is 103 Å². The average molecular weight is 480 g/mol. The van der Waals surface area contributed by atoms with Crippen molar-refractivity contribution in [1.82, 2.24) is 15.2 Å². The molecule has 0 radical (unpaired) electrons. The Labute approximate surface area is 203 Å². The Hall–Kier alpha value is -3.07. The highest BCUT2D eigenvalue weighted by Crippen LogP contribution is 2.32. The van der Waals surface area contributed by atoms with Gasteiger partial charge in [0.25, 0.3) is 11.8 Å². The van der Waals surface area contributed by atoms with E-state index in [4.69, 9.17) is 0 Å². The van der Waals surface area contributed by atoms with Crippen LogP contribution < -0.4 is 5.32 Å². The second kappa shape index (κ2) is 10.9. The maximum atomic E-state index is 12.9. The molecule has 2 aromatic carbocycles. The molecule has 0 aliphatic carbocycles. The number of hydrogen-bond acceptors (Lipinski definition) is 6. The van der Waals surface area contributed by atoms with Crippen molar-refractivity contribution in [2.75, 3.05) is 6.54 Å². The highest BCUT2D eigenvalue weighted by atomic mass is 32.1. The van der Waals surface area contributed by atoms with Gasteiger partial charge in [-0.25, -0.2) is 4.98 Å². The number of nitrogens with zero attached hydrogens (tertiary/aromatic N) is 2. The Morgan fingerprint density at radius 2 is 1.85 bits per heavy atom. The molecule has 2 amide bonds. The number of aliphatic hydroxyl groups excluding tert-OH is 2. The minimum absolute atomic E-state index is 0.117. The smallest absolute Gasteiger partial charge is 0.255 e. The van der Waals surface area contributed by atoms with Crippen LogP contribution in [0.15, 0.2) is 60.0 Å². The molecule has 1 fully saturated rings. The molecule has 3 aromatic rings. The minimum Gasteiger partial charge on any atom is -0.380 e. The van der Waals surface area contributed by atoms with E-state index in [9.17, 15) is 19.8 Å². The molecule has 8 heteroatoms. The molecule has 4 rings (SSSR count). The van der Waals surface area contributed by atoms with Crippen molar-refractivity contribution >= 4 is 23.2 Å². The van der Waals surface area contributed by atoms with E-state index in [1.165, 1.54) is 22.5 Å². The summed E-state index contributed by atoms with van der Waals surface area (Å²) >= 11 is 1.42. The molecular weight excluding hydrogens is 450 g/mol. The molecule has 1 aliphatic rings. The van der Waals surface area contributed by atoms with Gasteiger partial charge in [0.2, 0.25) is 0 Å². The highest BCUT2D eigenvalue weighted by molar-refractivity contribution is 7.09. The van der Waals surface area contributed by atoms with E-state index >= 15 is 0 Å². The van der Waals surface area contributed by atoms with Gasteiger partial charge in [0.05, 0.1) is 18.3 Å². The first kappa shape index (κ1) is 24.1. The summed E-state index contributed by atoms with van der Waals surface area (Å²) in [6.07, 6.45) is -1.40. The van der Waals surface area contributed by atoms with Gasteiger partial charge in [-0.3, -0.25) is 9.59 Å². The molecule has 3 atom stereocenters. The van der Waals surface area contributed by atoms with Crippen LogP contribution in [0.2, 0.25) is 0 Å². The minimum atomic E-state index is -1.85. The SMILES string of the molecule is Cc1ccccc1Cc1csc(CNC(=O)C(O)[C@@H](O)C(=O)N2CCCC2c2ccccc2)n1. The van der Waals surface area contributed by atoms with Crippen molar-refractivity contribution in [3.05, 3.63) is 87.4 Å². The summed E-state index contributed by atoms with van der Waals surface area (Å²) < 4.78 is 0. The van der Waals surface area contributed by atoms with E-state index < -0.39 is 24.0 Å². The summed E-state index contributed by atoms with van der Waals surface area (Å²) in [6.45, 7) is 2.65. The molecule has 34 heavy (non-hydrogen) atoms. The van der Waals surface area contributed by atoms with Crippen LogP contribution in [-0.4, -0.2) is 50.7 Å². The highest BCUT2D eigenvalue weighted by Gasteiger charge is 2.38. The summed E-state index contributed by atoms with van der Waals surface area (Å²) in [6, 6.07) is 17.5. The Bertz CT molecular complexity index is 1130. The number of benzene rings is 2. The molecule has 0 bridgehead atoms. The lowest BCUT2D eigenvalue weighted by molar-refractivity contribution is -0.153. The van der Waals surface area contributed by atoms with Crippen LogP contribution in [-0.2, 0) is 22.6 Å². The lowest BCUT2D eigenvalue weighted by atomic mass is 10.0. The fourth-order valence-corrected chi connectivity index (χ4v) is 5.02. The second-order valence-electron chi connectivity index (χ2n) is 8.54. The fourth-order valence-electron chi connectivity index (χ4n) is 4.28. The number of nitrogens with one attached hydrogen (secondary N) is 1. The zero-order valence-electron chi connectivity index (χ0n) is 19.1. The van der Waals surface area contributed by atoms with Crippen molar-refractivity contribution < 1.29 is 19.8 Å². The standard InChI is InChI=1S/C26H29N3O4S/c1-17-8-5-6-11-19(17)14-20-16-34-22(28-20)15-27-25(32)23(30)24(31)26(33)29-13-7-12-21(29)18-9-3-2-4-10-18/h2-6,8-11,16,21,23-24,30-31H,7,12-15H2,1H3,(H,27,32)/t21?,23?,24-/m1/s1. The van der Waals surface area contributed by atoms with Crippen LogP contribution in [0.4, 0.5) is 0 Å². The van der Waals surface area contributed by atoms with E-state index in [1.807, 2.05) is 47.8 Å². The molecule has 1 aromatic heterocycles. The first-order valence-electron chi connectivity index (χ1n) is 11.4. The molecular formula is C26H29N3O4S. The van der Waals surface area contributed by atoms with Crippen molar-refractivity contribution in [3.63, 3.8) is 0 Å². The Balaban J connectivity index is 1.31. The van der Waals surface area contributed by atoms with Crippen LogP contribution in [0.25, 0.3) is 0 Å². The van der Waals surface area contributed by atoms with E-state index in [-0.39, 0.29) is 12.6 Å². The fraction of sp³-hybridized carbons (Fsp3) is 0.346. The third-order valence-electron chi connectivity index (χ3n) is 6.19. The van der Waals surface area contributed by atoms with Gasteiger partial charge in [-0.1, -0.05) is 54.6 Å². The average Bonchev–Trinajstić information content (AvgIpc) is 3.53. The van der Waals surface area contributed by atoms with Gasteiger partial charge in [-0.15, -0.1) is 11.3 Å². The van der Waals surface area contributed by atoms with E-state index in [1.54, 1.807) is 4.90 Å². The number of likely N-dealkylation sites (tertiary alicyclic amines) is 1. The predicted octanol–water partition coefficient (Wildman–Crippen LogP) is 2.74. The monoisotopic (exact) mass is 479 g/mol. The molecule has 0 saturated carbocycles. The molecule has 178 valence electrons. The molecule has 2 heterocycles. The van der Waals surface area contributed by atoms with Gasteiger partial charge < -0.3 is 20.4 Å². The molecule has 2 unspecified atom stereocenters. The van der Waals surface area contributed by atoms with E-state index in [0.29, 0.717) is 18.0 Å². The van der Waals surface area contributed by atoms with Crippen LogP contribution in [0, 0.1) is 6.92 Å². The van der Waals surface area contributed by atoms with Gasteiger partial charge in [0.15, 0.2) is 12.2 Å². The molecule has 1 saturated heterocycles. The number of aromatic nitrogens is 1. The molecule has 0 spiro atoms. The zero-order valence-corrected chi connectivity index (χ0v) is 19.9. The van der Waals surface area contributed by atoms with Crippen molar-refractivity contribution in [2.24, 2.45) is 0 Å². The Morgan fingerprint density at radius 1 is 1.12 bits per heavy atom. The molecule has 3 N–H and O–H groups in total. The number of amides is 2. The second-order valence-corrected chi connectivity index (χ2v) is 9.49. The third-order valence-corrected chi connectivity index (χ3v) is 7.08. The first-order chi connectivity index (χ1) is 16.4. The normalized spacial score (nSPS) is 17.4. The maximum Gasteiger partial charge on any atom is 0.255 e. The van der Waals surface area contributed by atoms with Crippen LogP contribution in [0.3, 0.4) is 0 Å². The summed E-state index contributed by atoms with van der Waals surface area (Å²) in [5.74, 6) is -1.43. The van der Waals surface area contributed by atoms with Crippen molar-refractivity contribution in [2.45, 2.75) is 51.0 Å². The van der Waals surface area contributed by atoms with Gasteiger partial charge >= 0.3 is 0 Å². The third kappa shape index (κ3) is 5.52. The summed E-state index contributed by atoms with van der Waals surface area (Å²) in [7, 11) is 0. The maximum absolute atomic E-state index is 12.9. The predicted molar refractivity (Wildman–Crippen MR) is 130 cm³/mol. The number of thiazole rings is 1. The number of aryl methyl sites for hydroxylation is 1. The van der Waals surface area contributed by atoms with Crippen LogP contribution in [0.1, 0.15) is 46.3 Å². The van der Waals surface area contributed by atoms with Gasteiger partial charge in [-0.05, 0) is 36.5 Å². The number of aliphatic hydroxyl groups is 2. The molecule has 7 nitrogen and oxygen atoms in total. The lowest BCUT2D eigenvalue weighted by Gasteiger charge is -2.28. The van der Waals surface area contributed by atoms with E-state index in [0.717, 1.165) is 24.1 Å². The summed E-state index contributed by atoms with van der Waals surface area (Å²) in [5.41, 5.74) is 4.26. The van der Waals surface area contributed by atoms with Gasteiger partial charge in [0, 0.05) is 18.3 Å². The van der Waals surface area contributed by atoms with Gasteiger partial charge in [-0.2, -0.15) is 0 Å². The molecule has 1 aliphatic heterocycles. The summed E-state index contributed by atoms with van der Waals surface area (Å²) in [4.78, 5) is 31.4. The zero-order chi connectivity index (χ0) is 24.1. The summed E-state index contributed by atoms with van der Waals surface area (Å²) in [5, 5.41) is 26.0. The number of carbonyl (C=O) groups excluding carboxylic acids is 2. The lowest BCUT2D eigenvalue weighted by Crippen LogP contribution is -2.50. The number of rotatable bonds is 8. The van der Waals surface area contributed by atoms with Crippen molar-refractivity contribution in [1.29, 1.82) is 0 Å². The Morgan fingerprint density at radius 3 is 2.62 bits per heavy atom.